The second-order valence-electron chi connectivity index (χ2n) is 5.60. The molecule has 0 amide bonds. The monoisotopic (exact) mass is 478 g/mol. The van der Waals surface area contributed by atoms with E-state index < -0.39 is 29.0 Å². The molecule has 0 saturated carbocycles. The van der Waals surface area contributed by atoms with E-state index in [2.05, 4.69) is 35.2 Å². The highest BCUT2D eigenvalue weighted by Crippen LogP contribution is 2.38. The Kier molecular flexibility index (Phi) is 6.33. The van der Waals surface area contributed by atoms with Crippen molar-refractivity contribution in [2.24, 2.45) is 5.11 Å². The van der Waals surface area contributed by atoms with Crippen molar-refractivity contribution in [1.82, 2.24) is 25.1 Å². The van der Waals surface area contributed by atoms with Gasteiger partial charge in [0.15, 0.2) is 11.0 Å². The lowest BCUT2D eigenvalue weighted by Gasteiger charge is -2.13. The van der Waals surface area contributed by atoms with Gasteiger partial charge in [0.05, 0.1) is 11.1 Å². The number of rotatable bonds is 5. The van der Waals surface area contributed by atoms with Gasteiger partial charge < -0.3 is 0 Å². The molecule has 2 heterocycles. The molecule has 0 aliphatic carbocycles. The van der Waals surface area contributed by atoms with Crippen molar-refractivity contribution >= 4 is 29.3 Å². The smallest absolute Gasteiger partial charge is 0.258 e. The van der Waals surface area contributed by atoms with Crippen LogP contribution >= 0.6 is 23.5 Å². The molecule has 3 rings (SSSR count). The Balaban J connectivity index is 1.97. The van der Waals surface area contributed by atoms with Crippen LogP contribution in [0.15, 0.2) is 44.7 Å². The first-order valence-electron chi connectivity index (χ1n) is 7.88. The molecular formula is C15H8F6N8S2. The minimum absolute atomic E-state index is 0.0211. The molecular weight excluding hydrogens is 470 g/mol. The van der Waals surface area contributed by atoms with Gasteiger partial charge in [-0.15, -0.1) is 5.10 Å². The predicted molar refractivity (Wildman–Crippen MR) is 98.6 cm³/mol. The summed E-state index contributed by atoms with van der Waals surface area (Å²) in [6, 6.07) is 2.44. The molecule has 162 valence electrons. The third kappa shape index (κ3) is 5.59. The zero-order valence-electron chi connectivity index (χ0n) is 15.0. The molecule has 0 aliphatic rings. The van der Waals surface area contributed by atoms with Gasteiger partial charge in [-0.3, -0.25) is 5.10 Å². The fraction of sp³-hybridized carbons (Fsp3) is 0.200. The number of hydrogen-bond donors (Lipinski definition) is 1. The maximum atomic E-state index is 13.0. The number of hydrogen-bond acceptors (Lipinski definition) is 7. The number of nitrogens with zero attached hydrogens (tertiary/aromatic N) is 7. The molecule has 1 aromatic carbocycles. The van der Waals surface area contributed by atoms with Crippen molar-refractivity contribution in [3.63, 3.8) is 0 Å². The molecule has 0 aliphatic heterocycles. The number of thioether (sulfide) groups is 1. The topological polar surface area (TPSA) is 116 Å². The molecule has 2 aromatic heterocycles. The lowest BCUT2D eigenvalue weighted by Crippen LogP contribution is -2.11. The van der Waals surface area contributed by atoms with Crippen LogP contribution in [-0.4, -0.2) is 31.4 Å². The zero-order valence-corrected chi connectivity index (χ0v) is 16.7. The summed E-state index contributed by atoms with van der Waals surface area (Å²) in [4.78, 5) is 14.7. The van der Waals surface area contributed by atoms with Crippen molar-refractivity contribution < 1.29 is 26.3 Å². The summed E-state index contributed by atoms with van der Waals surface area (Å²) in [5.74, 6) is -0.277. The normalized spacial score (nSPS) is 12.0. The number of azide groups is 1. The second kappa shape index (κ2) is 8.64. The fourth-order valence-corrected chi connectivity index (χ4v) is 3.38. The first-order valence-corrected chi connectivity index (χ1v) is 9.92. The van der Waals surface area contributed by atoms with Gasteiger partial charge in [0.1, 0.15) is 10.8 Å². The Morgan fingerprint density at radius 3 is 2.13 bits per heavy atom. The average molecular weight is 478 g/mol. The zero-order chi connectivity index (χ0) is 22.8. The quantitative estimate of drug-likeness (QED) is 0.0899. The number of benzene rings is 1. The molecule has 3 aromatic rings. The Labute approximate surface area is 177 Å². The third-order valence-corrected chi connectivity index (χ3v) is 4.85. The van der Waals surface area contributed by atoms with E-state index in [1.165, 1.54) is 6.07 Å². The molecule has 0 spiro atoms. The summed E-state index contributed by atoms with van der Waals surface area (Å²) in [6.07, 6.45) is -8.29. The Bertz CT molecular complexity index is 1120. The van der Waals surface area contributed by atoms with Gasteiger partial charge >= 0.3 is 12.4 Å². The third-order valence-electron chi connectivity index (χ3n) is 3.52. The molecule has 0 radical (unpaired) electrons. The van der Waals surface area contributed by atoms with Crippen LogP contribution in [-0.2, 0) is 12.4 Å². The summed E-state index contributed by atoms with van der Waals surface area (Å²) >= 11 is 2.01. The van der Waals surface area contributed by atoms with Gasteiger partial charge in [-0.2, -0.15) is 26.3 Å². The van der Waals surface area contributed by atoms with E-state index in [0.29, 0.717) is 12.1 Å². The fourth-order valence-electron chi connectivity index (χ4n) is 2.24. The van der Waals surface area contributed by atoms with E-state index in [-0.39, 0.29) is 33.0 Å². The van der Waals surface area contributed by atoms with Crippen LogP contribution in [0.4, 0.5) is 32.2 Å². The summed E-state index contributed by atoms with van der Waals surface area (Å²) < 4.78 is 78.3. The Hall–Kier alpha value is -2.97. The van der Waals surface area contributed by atoms with Crippen LogP contribution in [0.3, 0.4) is 0 Å². The van der Waals surface area contributed by atoms with Gasteiger partial charge in [-0.05, 0) is 52.9 Å². The van der Waals surface area contributed by atoms with Gasteiger partial charge in [-0.25, -0.2) is 15.0 Å². The summed E-state index contributed by atoms with van der Waals surface area (Å²) in [6.45, 7) is 0. The predicted octanol–water partition coefficient (Wildman–Crippen LogP) is 6.11. The van der Waals surface area contributed by atoms with E-state index in [1.54, 1.807) is 6.26 Å². The minimum Gasteiger partial charge on any atom is -0.258 e. The lowest BCUT2D eigenvalue weighted by atomic mass is 10.0. The number of aromatic nitrogens is 5. The van der Waals surface area contributed by atoms with E-state index in [1.807, 2.05) is 0 Å². The number of nitrogens with one attached hydrogen (secondary N) is 1. The van der Waals surface area contributed by atoms with Crippen molar-refractivity contribution in [3.8, 4) is 11.4 Å². The number of aromatic amines is 1. The molecule has 0 bridgehead atoms. The van der Waals surface area contributed by atoms with E-state index in [0.717, 1.165) is 23.5 Å². The SMILES string of the molecule is CSc1nc(N=[N+]=[N-])cc(Sc2n[nH]c(-c3cc(C(F)(F)F)cc(C(F)(F)F)c3)n2)n1. The molecule has 1 N–H and O–H groups in total. The molecule has 16 heteroatoms. The van der Waals surface area contributed by atoms with Crippen LogP contribution < -0.4 is 0 Å². The summed E-state index contributed by atoms with van der Waals surface area (Å²) in [7, 11) is 0. The highest BCUT2D eigenvalue weighted by molar-refractivity contribution is 7.99. The Morgan fingerprint density at radius 1 is 0.935 bits per heavy atom. The molecule has 0 saturated heterocycles. The lowest BCUT2D eigenvalue weighted by molar-refractivity contribution is -0.143. The number of halogens is 6. The highest BCUT2D eigenvalue weighted by atomic mass is 32.2. The van der Waals surface area contributed by atoms with E-state index in [9.17, 15) is 26.3 Å². The molecule has 8 nitrogen and oxygen atoms in total. The number of alkyl halides is 6. The van der Waals surface area contributed by atoms with Gasteiger partial charge in [0, 0.05) is 10.5 Å². The summed E-state index contributed by atoms with van der Waals surface area (Å²) in [5, 5.41) is 10.00. The standard InChI is InChI=1S/C15H8F6N8S2/c1-30-12-23-9(26-29-22)5-10(24-12)31-13-25-11(27-28-13)6-2-7(14(16,17)18)4-8(3-6)15(19,20)21/h2-5H,1H3,(H,25,27,28). The van der Waals surface area contributed by atoms with Gasteiger partial charge in [0.25, 0.3) is 0 Å². The molecule has 0 fully saturated rings. The van der Waals surface area contributed by atoms with E-state index >= 15 is 0 Å². The first-order chi connectivity index (χ1) is 14.5. The van der Waals surface area contributed by atoms with E-state index in [4.69, 9.17) is 5.53 Å². The highest BCUT2D eigenvalue weighted by Gasteiger charge is 2.37. The maximum absolute atomic E-state index is 13.0. The van der Waals surface area contributed by atoms with Gasteiger partial charge in [-0.1, -0.05) is 11.8 Å². The molecule has 31 heavy (non-hydrogen) atoms. The Morgan fingerprint density at radius 2 is 1.58 bits per heavy atom. The average Bonchev–Trinajstić information content (AvgIpc) is 3.15. The molecule has 0 unspecified atom stereocenters. The van der Waals surface area contributed by atoms with Crippen LogP contribution in [0.25, 0.3) is 21.8 Å². The van der Waals surface area contributed by atoms with Crippen LogP contribution in [0.5, 0.6) is 0 Å². The van der Waals surface area contributed by atoms with Crippen LogP contribution in [0.2, 0.25) is 0 Å². The summed E-state index contributed by atoms with van der Waals surface area (Å²) in [5.41, 5.74) is 5.17. The second-order valence-corrected chi connectivity index (χ2v) is 7.36. The van der Waals surface area contributed by atoms with Crippen molar-refractivity contribution in [2.45, 2.75) is 27.7 Å². The molecule has 0 atom stereocenters. The number of H-pyrrole nitrogens is 1. The van der Waals surface area contributed by atoms with Gasteiger partial charge in [0.2, 0.25) is 5.16 Å². The van der Waals surface area contributed by atoms with Crippen LogP contribution in [0.1, 0.15) is 11.1 Å². The van der Waals surface area contributed by atoms with Crippen molar-refractivity contribution in [3.05, 3.63) is 45.8 Å². The first kappa shape index (κ1) is 22.7. The maximum Gasteiger partial charge on any atom is 0.416 e. The van der Waals surface area contributed by atoms with Crippen molar-refractivity contribution in [1.29, 1.82) is 0 Å². The minimum atomic E-state index is -4.99. The van der Waals surface area contributed by atoms with Crippen LogP contribution in [0, 0.1) is 0 Å². The van der Waals surface area contributed by atoms with Crippen molar-refractivity contribution in [2.75, 3.05) is 6.26 Å². The largest absolute Gasteiger partial charge is 0.416 e.